The fraction of sp³-hybridized carbons (Fsp3) is 0.474. The van der Waals surface area contributed by atoms with Crippen LogP contribution in [0, 0.1) is 6.92 Å². The molecule has 1 N–H and O–H groups in total. The highest BCUT2D eigenvalue weighted by Gasteiger charge is 2.15. The van der Waals surface area contributed by atoms with Gasteiger partial charge in [-0.05, 0) is 37.8 Å². The lowest BCUT2D eigenvalue weighted by Crippen LogP contribution is -2.33. The summed E-state index contributed by atoms with van der Waals surface area (Å²) in [5.41, 5.74) is 2.20. The van der Waals surface area contributed by atoms with Crippen molar-refractivity contribution in [2.45, 2.75) is 39.0 Å². The van der Waals surface area contributed by atoms with Crippen LogP contribution in [-0.2, 0) is 9.59 Å². The average Bonchev–Trinajstić information content (AvgIpc) is 2.74. The molecule has 0 bridgehead atoms. The number of likely N-dealkylation sites (tertiary alicyclic amines) is 1. The molecule has 23 heavy (non-hydrogen) atoms. The van der Waals surface area contributed by atoms with Gasteiger partial charge in [-0.2, -0.15) is 0 Å². The Morgan fingerprint density at radius 3 is 3.00 bits per heavy atom. The van der Waals surface area contributed by atoms with Gasteiger partial charge in [-0.15, -0.1) is 0 Å². The predicted octanol–water partition coefficient (Wildman–Crippen LogP) is 2.92. The lowest BCUT2D eigenvalue weighted by Gasteiger charge is -2.20. The van der Waals surface area contributed by atoms with Gasteiger partial charge in [0.2, 0.25) is 11.8 Å². The van der Waals surface area contributed by atoms with Crippen molar-refractivity contribution < 1.29 is 9.59 Å². The summed E-state index contributed by atoms with van der Waals surface area (Å²) in [6.07, 6.45) is 8.10. The molecular formula is C19H26N2O2. The van der Waals surface area contributed by atoms with Crippen molar-refractivity contribution in [1.82, 2.24) is 10.2 Å². The van der Waals surface area contributed by atoms with E-state index in [4.69, 9.17) is 0 Å². The molecule has 1 aliphatic rings. The summed E-state index contributed by atoms with van der Waals surface area (Å²) >= 11 is 0. The van der Waals surface area contributed by atoms with E-state index < -0.39 is 0 Å². The van der Waals surface area contributed by atoms with Crippen LogP contribution in [0.5, 0.6) is 0 Å². The number of rotatable bonds is 6. The van der Waals surface area contributed by atoms with E-state index in [-0.39, 0.29) is 11.8 Å². The number of nitrogens with zero attached hydrogens (tertiary/aromatic N) is 1. The molecule has 1 aromatic rings. The minimum atomic E-state index is -0.0892. The number of benzene rings is 1. The van der Waals surface area contributed by atoms with Crippen molar-refractivity contribution in [3.63, 3.8) is 0 Å². The second-order valence-corrected chi connectivity index (χ2v) is 6.08. The molecule has 1 aromatic carbocycles. The van der Waals surface area contributed by atoms with Gasteiger partial charge in [-0.3, -0.25) is 9.59 Å². The van der Waals surface area contributed by atoms with E-state index in [9.17, 15) is 9.59 Å². The van der Waals surface area contributed by atoms with Gasteiger partial charge >= 0.3 is 0 Å². The number of amides is 2. The summed E-state index contributed by atoms with van der Waals surface area (Å²) in [5.74, 6) is 0.168. The molecule has 0 spiro atoms. The van der Waals surface area contributed by atoms with E-state index >= 15 is 0 Å². The third kappa shape index (κ3) is 6.27. The van der Waals surface area contributed by atoms with E-state index in [1.165, 1.54) is 5.56 Å². The van der Waals surface area contributed by atoms with Gasteiger partial charge in [0.15, 0.2) is 0 Å². The second-order valence-electron chi connectivity index (χ2n) is 6.08. The van der Waals surface area contributed by atoms with Crippen LogP contribution in [0.1, 0.15) is 43.2 Å². The molecule has 1 heterocycles. The summed E-state index contributed by atoms with van der Waals surface area (Å²) < 4.78 is 0. The average molecular weight is 314 g/mol. The maximum atomic E-state index is 11.9. The predicted molar refractivity (Wildman–Crippen MR) is 92.9 cm³/mol. The molecule has 0 aromatic heterocycles. The number of carbonyl (C=O) groups excluding carboxylic acids is 2. The Bertz CT molecular complexity index is 566. The monoisotopic (exact) mass is 314 g/mol. The highest BCUT2D eigenvalue weighted by atomic mass is 16.2. The fourth-order valence-corrected chi connectivity index (χ4v) is 2.76. The van der Waals surface area contributed by atoms with Crippen molar-refractivity contribution in [2.24, 2.45) is 0 Å². The minimum absolute atomic E-state index is 0.0892. The van der Waals surface area contributed by atoms with Gasteiger partial charge in [0.25, 0.3) is 0 Å². The third-order valence-corrected chi connectivity index (χ3v) is 4.04. The molecular weight excluding hydrogens is 288 g/mol. The van der Waals surface area contributed by atoms with Gasteiger partial charge in [0.05, 0.1) is 0 Å². The molecule has 4 heteroatoms. The van der Waals surface area contributed by atoms with Crippen molar-refractivity contribution in [3.8, 4) is 0 Å². The molecule has 0 unspecified atom stereocenters. The van der Waals surface area contributed by atoms with Gasteiger partial charge in [0.1, 0.15) is 0 Å². The minimum Gasteiger partial charge on any atom is -0.352 e. The van der Waals surface area contributed by atoms with Crippen molar-refractivity contribution in [1.29, 1.82) is 0 Å². The van der Waals surface area contributed by atoms with Gasteiger partial charge in [-0.25, -0.2) is 0 Å². The van der Waals surface area contributed by atoms with Crippen LogP contribution < -0.4 is 5.32 Å². The Kier molecular flexibility index (Phi) is 6.85. The fourth-order valence-electron chi connectivity index (χ4n) is 2.76. The molecule has 0 aliphatic carbocycles. The van der Waals surface area contributed by atoms with Crippen LogP contribution in [0.25, 0.3) is 6.08 Å². The largest absolute Gasteiger partial charge is 0.352 e. The Morgan fingerprint density at radius 2 is 2.17 bits per heavy atom. The van der Waals surface area contributed by atoms with E-state index in [1.54, 1.807) is 6.08 Å². The summed E-state index contributed by atoms with van der Waals surface area (Å²) in [6.45, 7) is 4.23. The van der Waals surface area contributed by atoms with Crippen molar-refractivity contribution in [2.75, 3.05) is 19.6 Å². The number of nitrogens with one attached hydrogen (secondary N) is 1. The summed E-state index contributed by atoms with van der Waals surface area (Å²) in [5, 5.41) is 2.87. The molecule has 0 radical (unpaired) electrons. The summed E-state index contributed by atoms with van der Waals surface area (Å²) in [7, 11) is 0. The Morgan fingerprint density at radius 1 is 1.30 bits per heavy atom. The first-order chi connectivity index (χ1) is 11.1. The topological polar surface area (TPSA) is 49.4 Å². The maximum Gasteiger partial charge on any atom is 0.244 e. The Labute approximate surface area is 138 Å². The molecule has 1 saturated heterocycles. The first-order valence-electron chi connectivity index (χ1n) is 8.45. The molecule has 1 fully saturated rings. The van der Waals surface area contributed by atoms with Crippen LogP contribution in [-0.4, -0.2) is 36.3 Å². The van der Waals surface area contributed by atoms with Crippen LogP contribution in [0.2, 0.25) is 0 Å². The normalized spacial score (nSPS) is 15.7. The standard InChI is InChI=1S/C19H26N2O2/c1-16-7-5-8-17(15-16)10-11-18(22)20-12-6-14-21-13-4-2-3-9-19(21)23/h5,7-8,10-11,15H,2-4,6,9,12-14H2,1H3,(H,20,22)/b11-10+. The second kappa shape index (κ2) is 9.13. The van der Waals surface area contributed by atoms with Crippen LogP contribution in [0.3, 0.4) is 0 Å². The van der Waals surface area contributed by atoms with Crippen molar-refractivity contribution >= 4 is 17.9 Å². The Balaban J connectivity index is 1.67. The highest BCUT2D eigenvalue weighted by Crippen LogP contribution is 2.11. The van der Waals surface area contributed by atoms with Crippen LogP contribution in [0.4, 0.5) is 0 Å². The van der Waals surface area contributed by atoms with Gasteiger partial charge < -0.3 is 10.2 Å². The molecule has 0 atom stereocenters. The summed E-state index contributed by atoms with van der Waals surface area (Å²) in [4.78, 5) is 25.6. The van der Waals surface area contributed by atoms with Crippen LogP contribution in [0.15, 0.2) is 30.3 Å². The maximum absolute atomic E-state index is 11.9. The highest BCUT2D eigenvalue weighted by molar-refractivity contribution is 5.91. The molecule has 2 amide bonds. The first-order valence-corrected chi connectivity index (χ1v) is 8.45. The van der Waals surface area contributed by atoms with E-state index in [1.807, 2.05) is 42.2 Å². The van der Waals surface area contributed by atoms with Crippen molar-refractivity contribution in [3.05, 3.63) is 41.5 Å². The zero-order valence-electron chi connectivity index (χ0n) is 13.9. The first kappa shape index (κ1) is 17.3. The lowest BCUT2D eigenvalue weighted by molar-refractivity contribution is -0.130. The number of hydrogen-bond acceptors (Lipinski definition) is 2. The van der Waals surface area contributed by atoms with Gasteiger partial charge in [0, 0.05) is 32.1 Å². The SMILES string of the molecule is Cc1cccc(/C=C/C(=O)NCCCN2CCCCCC2=O)c1. The number of carbonyl (C=O) groups is 2. The number of hydrogen-bond donors (Lipinski definition) is 1. The third-order valence-electron chi connectivity index (χ3n) is 4.04. The quantitative estimate of drug-likeness (QED) is 0.648. The van der Waals surface area contributed by atoms with E-state index in [0.29, 0.717) is 13.0 Å². The molecule has 2 rings (SSSR count). The lowest BCUT2D eigenvalue weighted by atomic mass is 10.1. The zero-order valence-corrected chi connectivity index (χ0v) is 13.9. The molecule has 4 nitrogen and oxygen atoms in total. The van der Waals surface area contributed by atoms with Gasteiger partial charge in [-0.1, -0.05) is 36.2 Å². The zero-order chi connectivity index (χ0) is 16.5. The Hall–Kier alpha value is -2.10. The van der Waals surface area contributed by atoms with Crippen LogP contribution >= 0.6 is 0 Å². The smallest absolute Gasteiger partial charge is 0.244 e. The molecule has 124 valence electrons. The van der Waals surface area contributed by atoms with E-state index in [0.717, 1.165) is 44.3 Å². The molecule has 0 saturated carbocycles. The summed E-state index contributed by atoms with van der Waals surface area (Å²) in [6, 6.07) is 8.02. The molecule has 1 aliphatic heterocycles. The van der Waals surface area contributed by atoms with E-state index in [2.05, 4.69) is 5.32 Å². The number of aryl methyl sites for hydroxylation is 1.